The Morgan fingerprint density at radius 2 is 1.68 bits per heavy atom. The number of hydrazone groups is 1. The molecule has 0 amide bonds. The number of nitrogens with one attached hydrogen (secondary N) is 1. The second-order valence-corrected chi connectivity index (χ2v) is 3.45. The Morgan fingerprint density at radius 3 is 2.26 bits per heavy atom. The average Bonchev–Trinajstić information content (AvgIpc) is 2.50. The molecule has 0 saturated heterocycles. The average molecular weight is 248 g/mol. The summed E-state index contributed by atoms with van der Waals surface area (Å²) in [5.74, 6) is 0.632. The van der Waals surface area contributed by atoms with Gasteiger partial charge in [-0.1, -0.05) is 0 Å². The van der Waals surface area contributed by atoms with E-state index in [0.29, 0.717) is 11.5 Å². The summed E-state index contributed by atoms with van der Waals surface area (Å²) >= 11 is 0. The molecule has 0 atom stereocenters. The van der Waals surface area contributed by atoms with Gasteiger partial charge in [-0.15, -0.1) is 0 Å². The van der Waals surface area contributed by atoms with Crippen LogP contribution in [0, 0.1) is 22.7 Å². The minimum atomic E-state index is -0.226. The van der Waals surface area contributed by atoms with Gasteiger partial charge in [0.1, 0.15) is 12.1 Å². The van der Waals surface area contributed by atoms with Gasteiger partial charge < -0.3 is 0 Å². The molecule has 90 valence electrons. The summed E-state index contributed by atoms with van der Waals surface area (Å²) in [6.45, 7) is 0. The molecule has 1 heterocycles. The van der Waals surface area contributed by atoms with Crippen LogP contribution in [0.5, 0.6) is 0 Å². The predicted molar refractivity (Wildman–Crippen MR) is 69.8 cm³/mol. The molecule has 0 aliphatic heterocycles. The van der Waals surface area contributed by atoms with Crippen molar-refractivity contribution in [2.24, 2.45) is 5.10 Å². The largest absolute Gasteiger partial charge is 0.277 e. The van der Waals surface area contributed by atoms with Crippen LogP contribution in [0.25, 0.3) is 11.4 Å². The Hall–Kier alpha value is -3.25. The van der Waals surface area contributed by atoms with Crippen molar-refractivity contribution in [2.75, 3.05) is 5.43 Å². The summed E-state index contributed by atoms with van der Waals surface area (Å²) in [4.78, 5) is 8.27. The third-order valence-corrected chi connectivity index (χ3v) is 2.22. The van der Waals surface area contributed by atoms with Gasteiger partial charge in [0.05, 0.1) is 5.69 Å². The van der Waals surface area contributed by atoms with E-state index >= 15 is 0 Å². The third kappa shape index (κ3) is 3.11. The van der Waals surface area contributed by atoms with Crippen LogP contribution in [-0.2, 0) is 0 Å². The van der Waals surface area contributed by atoms with Crippen LogP contribution in [0.15, 0.2) is 47.8 Å². The van der Waals surface area contributed by atoms with Gasteiger partial charge in [0.2, 0.25) is 5.71 Å². The Balaban J connectivity index is 2.15. The minimum Gasteiger partial charge on any atom is -0.277 e. The molecule has 0 unspecified atom stereocenters. The van der Waals surface area contributed by atoms with Crippen LogP contribution in [0.1, 0.15) is 0 Å². The van der Waals surface area contributed by atoms with Gasteiger partial charge in [0.25, 0.3) is 0 Å². The zero-order valence-corrected chi connectivity index (χ0v) is 9.78. The van der Waals surface area contributed by atoms with Gasteiger partial charge in [-0.2, -0.15) is 15.6 Å². The molecule has 1 aromatic carbocycles. The van der Waals surface area contributed by atoms with Crippen molar-refractivity contribution in [1.82, 2.24) is 9.97 Å². The van der Waals surface area contributed by atoms with Gasteiger partial charge in [0.15, 0.2) is 5.82 Å². The van der Waals surface area contributed by atoms with E-state index in [9.17, 15) is 0 Å². The lowest BCUT2D eigenvalue weighted by Crippen LogP contribution is -1.96. The summed E-state index contributed by atoms with van der Waals surface area (Å²) in [5.41, 5.74) is 3.94. The zero-order valence-electron chi connectivity index (χ0n) is 9.78. The van der Waals surface area contributed by atoms with Crippen LogP contribution in [0.4, 0.5) is 5.69 Å². The fourth-order valence-corrected chi connectivity index (χ4v) is 1.34. The molecular formula is C13H8N6. The van der Waals surface area contributed by atoms with Crippen molar-refractivity contribution in [3.05, 3.63) is 42.7 Å². The summed E-state index contributed by atoms with van der Waals surface area (Å²) < 4.78 is 0. The van der Waals surface area contributed by atoms with E-state index < -0.39 is 0 Å². The normalized spacial score (nSPS) is 8.95. The van der Waals surface area contributed by atoms with Crippen LogP contribution in [0.3, 0.4) is 0 Å². The molecule has 0 fully saturated rings. The van der Waals surface area contributed by atoms with E-state index in [4.69, 9.17) is 10.5 Å². The fourth-order valence-electron chi connectivity index (χ4n) is 1.34. The quantitative estimate of drug-likeness (QED) is 0.661. The van der Waals surface area contributed by atoms with Gasteiger partial charge >= 0.3 is 0 Å². The first-order valence-corrected chi connectivity index (χ1v) is 5.35. The molecule has 19 heavy (non-hydrogen) atoms. The molecule has 2 aromatic rings. The molecule has 6 heteroatoms. The van der Waals surface area contributed by atoms with Crippen molar-refractivity contribution in [3.63, 3.8) is 0 Å². The van der Waals surface area contributed by atoms with Gasteiger partial charge in [0, 0.05) is 18.0 Å². The second kappa shape index (κ2) is 5.89. The molecular weight excluding hydrogens is 240 g/mol. The van der Waals surface area contributed by atoms with E-state index in [1.54, 1.807) is 42.7 Å². The Morgan fingerprint density at radius 1 is 1.05 bits per heavy atom. The highest BCUT2D eigenvalue weighted by molar-refractivity contribution is 6.10. The second-order valence-electron chi connectivity index (χ2n) is 3.45. The lowest BCUT2D eigenvalue weighted by molar-refractivity contribution is 1.18. The number of nitrogens with zero attached hydrogens (tertiary/aromatic N) is 5. The molecule has 0 bridgehead atoms. The maximum atomic E-state index is 8.54. The summed E-state index contributed by atoms with van der Waals surface area (Å²) in [6, 6.07) is 12.3. The molecule has 6 nitrogen and oxygen atoms in total. The molecule has 0 radical (unpaired) electrons. The lowest BCUT2D eigenvalue weighted by atomic mass is 10.2. The van der Waals surface area contributed by atoms with Crippen molar-refractivity contribution in [1.29, 1.82) is 10.5 Å². The smallest absolute Gasteiger partial charge is 0.237 e. The van der Waals surface area contributed by atoms with Crippen molar-refractivity contribution in [3.8, 4) is 23.5 Å². The van der Waals surface area contributed by atoms with Gasteiger partial charge in [-0.3, -0.25) is 5.43 Å². The van der Waals surface area contributed by atoms with Gasteiger partial charge in [-0.25, -0.2) is 9.97 Å². The summed E-state index contributed by atoms with van der Waals surface area (Å²) in [7, 11) is 0. The lowest BCUT2D eigenvalue weighted by Gasteiger charge is -2.02. The van der Waals surface area contributed by atoms with Crippen LogP contribution >= 0.6 is 0 Å². The third-order valence-electron chi connectivity index (χ3n) is 2.22. The molecule has 2 rings (SSSR count). The number of benzene rings is 1. The summed E-state index contributed by atoms with van der Waals surface area (Å²) in [5, 5.41) is 20.7. The Labute approximate surface area is 109 Å². The molecule has 1 N–H and O–H groups in total. The van der Waals surface area contributed by atoms with Crippen molar-refractivity contribution < 1.29 is 0 Å². The van der Waals surface area contributed by atoms with Crippen molar-refractivity contribution >= 4 is 11.4 Å². The van der Waals surface area contributed by atoms with E-state index in [0.717, 1.165) is 5.56 Å². The number of anilines is 1. The first-order valence-electron chi connectivity index (χ1n) is 5.35. The first-order chi connectivity index (χ1) is 9.33. The Kier molecular flexibility index (Phi) is 3.79. The molecule has 0 saturated carbocycles. The summed E-state index contributed by atoms with van der Waals surface area (Å²) in [6.07, 6.45) is 3.34. The standard InChI is InChI=1S/C13H8N6/c14-8-12(9-15)19-18-11-4-2-10(3-5-11)13-16-6-1-7-17-13/h1-7,18H. The molecule has 0 spiro atoms. The molecule has 0 aliphatic rings. The predicted octanol–water partition coefficient (Wildman–Crippen LogP) is 1.96. The number of hydrogen-bond acceptors (Lipinski definition) is 6. The fraction of sp³-hybridized carbons (Fsp3) is 0. The number of hydrogen-bond donors (Lipinski definition) is 1. The van der Waals surface area contributed by atoms with E-state index in [1.807, 2.05) is 12.1 Å². The van der Waals surface area contributed by atoms with E-state index in [1.165, 1.54) is 0 Å². The highest BCUT2D eigenvalue weighted by Gasteiger charge is 1.99. The topological polar surface area (TPSA) is 97.8 Å². The first kappa shape index (κ1) is 12.2. The molecule has 1 aromatic heterocycles. The number of nitriles is 2. The number of aromatic nitrogens is 2. The van der Waals surface area contributed by atoms with E-state index in [2.05, 4.69) is 20.5 Å². The van der Waals surface area contributed by atoms with Gasteiger partial charge in [-0.05, 0) is 30.3 Å². The maximum absolute atomic E-state index is 8.54. The highest BCUT2D eigenvalue weighted by Crippen LogP contribution is 2.17. The monoisotopic (exact) mass is 248 g/mol. The molecule has 0 aliphatic carbocycles. The van der Waals surface area contributed by atoms with Crippen LogP contribution in [-0.4, -0.2) is 15.7 Å². The van der Waals surface area contributed by atoms with Crippen LogP contribution < -0.4 is 5.43 Å². The zero-order chi connectivity index (χ0) is 13.5. The minimum absolute atomic E-state index is 0.226. The maximum Gasteiger partial charge on any atom is 0.237 e. The SMILES string of the molecule is N#CC(C#N)=NNc1ccc(-c2ncccn2)cc1. The van der Waals surface area contributed by atoms with Crippen LogP contribution in [0.2, 0.25) is 0 Å². The van der Waals surface area contributed by atoms with E-state index in [-0.39, 0.29) is 5.71 Å². The number of rotatable bonds is 3. The highest BCUT2D eigenvalue weighted by atomic mass is 15.3. The van der Waals surface area contributed by atoms with Crippen molar-refractivity contribution in [2.45, 2.75) is 0 Å². The Bertz CT molecular complexity index is 645.